The van der Waals surface area contributed by atoms with E-state index in [2.05, 4.69) is 4.98 Å². The monoisotopic (exact) mass is 362 g/mol. The summed E-state index contributed by atoms with van der Waals surface area (Å²) in [5.74, 6) is 0. The van der Waals surface area contributed by atoms with E-state index in [1.54, 1.807) is 6.07 Å². The van der Waals surface area contributed by atoms with E-state index in [0.29, 0.717) is 6.07 Å². The van der Waals surface area contributed by atoms with Crippen LogP contribution in [0.3, 0.4) is 0 Å². The number of rotatable bonds is 2. The predicted octanol–water partition coefficient (Wildman–Crippen LogP) is 3.71. The van der Waals surface area contributed by atoms with E-state index in [4.69, 9.17) is 5.26 Å². The first-order chi connectivity index (χ1) is 7.77. The minimum Gasteiger partial charge on any atom is -0.237 e. The molecule has 0 N–H and O–H groups in total. The van der Waals surface area contributed by atoms with E-state index in [9.17, 15) is 22.0 Å². The Kier molecular flexibility index (Phi) is 4.24. The Bertz CT molecular complexity index is 464. The molecule has 0 aliphatic heterocycles. The van der Waals surface area contributed by atoms with Crippen molar-refractivity contribution in [3.63, 3.8) is 0 Å². The normalized spacial score (nSPS) is 11.6. The average Bonchev–Trinajstić information content (AvgIpc) is 2.19. The van der Waals surface area contributed by atoms with Crippen molar-refractivity contribution in [2.24, 2.45) is 0 Å². The predicted molar refractivity (Wildman–Crippen MR) is 56.2 cm³/mol. The second-order valence-electron chi connectivity index (χ2n) is 3.01. The Morgan fingerprint density at radius 1 is 1.41 bits per heavy atom. The molecule has 0 saturated heterocycles. The summed E-state index contributed by atoms with van der Waals surface area (Å²) in [6, 6.07) is 2.36. The lowest BCUT2D eigenvalue weighted by Gasteiger charge is -2.13. The molecule has 92 valence electrons. The highest BCUT2D eigenvalue weighted by Crippen LogP contribution is 2.36. The van der Waals surface area contributed by atoms with Gasteiger partial charge in [-0.3, -0.25) is 0 Å². The summed E-state index contributed by atoms with van der Waals surface area (Å²) in [6.07, 6.45) is -8.48. The number of alkyl halides is 5. The lowest BCUT2D eigenvalue weighted by Crippen LogP contribution is -2.14. The Morgan fingerprint density at radius 2 is 2.00 bits per heavy atom. The second-order valence-corrected chi connectivity index (χ2v) is 4.03. The van der Waals surface area contributed by atoms with Crippen molar-refractivity contribution < 1.29 is 22.0 Å². The summed E-state index contributed by atoms with van der Waals surface area (Å²) in [5.41, 5.74) is -2.72. The molecule has 0 spiro atoms. The van der Waals surface area contributed by atoms with Crippen LogP contribution in [0.1, 0.15) is 23.2 Å². The van der Waals surface area contributed by atoms with Gasteiger partial charge >= 0.3 is 6.18 Å². The van der Waals surface area contributed by atoms with Gasteiger partial charge in [-0.25, -0.2) is 13.8 Å². The minimum absolute atomic E-state index is 0.0661. The van der Waals surface area contributed by atoms with Gasteiger partial charge in [0.25, 0.3) is 6.43 Å². The van der Waals surface area contributed by atoms with Gasteiger partial charge in [-0.2, -0.15) is 18.4 Å². The third-order valence-electron chi connectivity index (χ3n) is 1.85. The van der Waals surface area contributed by atoms with Crippen molar-refractivity contribution >= 4 is 22.6 Å². The largest absolute Gasteiger partial charge is 0.433 e. The van der Waals surface area contributed by atoms with Crippen molar-refractivity contribution in [1.29, 1.82) is 5.26 Å². The number of halogens is 6. The van der Waals surface area contributed by atoms with Crippen LogP contribution in [-0.2, 0) is 12.6 Å². The first-order valence-corrected chi connectivity index (χ1v) is 5.27. The molecule has 0 aliphatic rings. The first-order valence-electron chi connectivity index (χ1n) is 4.19. The van der Waals surface area contributed by atoms with Gasteiger partial charge in [-0.05, 0) is 34.2 Å². The van der Waals surface area contributed by atoms with Gasteiger partial charge in [-0.15, -0.1) is 0 Å². The molecule has 0 fully saturated rings. The maximum Gasteiger partial charge on any atom is 0.433 e. The van der Waals surface area contributed by atoms with E-state index in [1.807, 2.05) is 0 Å². The topological polar surface area (TPSA) is 36.7 Å². The Morgan fingerprint density at radius 3 is 2.41 bits per heavy atom. The maximum atomic E-state index is 12.5. The maximum absolute atomic E-state index is 12.5. The van der Waals surface area contributed by atoms with Gasteiger partial charge in [0.2, 0.25) is 0 Å². The van der Waals surface area contributed by atoms with Crippen molar-refractivity contribution in [2.45, 2.75) is 19.0 Å². The zero-order valence-corrected chi connectivity index (χ0v) is 10.2. The van der Waals surface area contributed by atoms with Crippen LogP contribution in [0.25, 0.3) is 0 Å². The molecule has 0 saturated carbocycles. The number of nitriles is 1. The molecule has 2 nitrogen and oxygen atoms in total. The van der Waals surface area contributed by atoms with Gasteiger partial charge in [0, 0.05) is 5.56 Å². The summed E-state index contributed by atoms with van der Waals surface area (Å²) >= 11 is 1.48. The molecule has 0 bridgehead atoms. The van der Waals surface area contributed by atoms with Gasteiger partial charge in [-0.1, -0.05) is 0 Å². The van der Waals surface area contributed by atoms with Crippen LogP contribution in [0.4, 0.5) is 22.0 Å². The zero-order valence-electron chi connectivity index (χ0n) is 8.02. The Labute approximate surface area is 107 Å². The summed E-state index contributed by atoms with van der Waals surface area (Å²) in [4.78, 5) is 3.11. The van der Waals surface area contributed by atoms with Crippen LogP contribution in [0.2, 0.25) is 0 Å². The molecule has 0 aliphatic carbocycles. The quantitative estimate of drug-likeness (QED) is 0.457. The average molecular weight is 362 g/mol. The lowest BCUT2D eigenvalue weighted by molar-refractivity contribution is -0.143. The summed E-state index contributed by atoms with van der Waals surface area (Å²) in [7, 11) is 0. The third-order valence-corrected chi connectivity index (χ3v) is 2.79. The van der Waals surface area contributed by atoms with Gasteiger partial charge in [0.1, 0.15) is 3.70 Å². The molecule has 17 heavy (non-hydrogen) atoms. The molecule has 8 heteroatoms. The lowest BCUT2D eigenvalue weighted by atomic mass is 10.1. The van der Waals surface area contributed by atoms with Crippen molar-refractivity contribution in [3.8, 4) is 6.07 Å². The van der Waals surface area contributed by atoms with Crippen molar-refractivity contribution in [2.75, 3.05) is 0 Å². The molecule has 1 aromatic heterocycles. The van der Waals surface area contributed by atoms with Crippen LogP contribution in [-0.4, -0.2) is 4.98 Å². The molecular weight excluding hydrogens is 358 g/mol. The standard InChI is InChI=1S/C9H4F5IN2/c10-7(11)5-3-4(1-2-16)8(15)17-6(5)9(12,13)14/h3,7H,1H2. The van der Waals surface area contributed by atoms with Gasteiger partial charge in [0.15, 0.2) is 5.69 Å². The number of aromatic nitrogens is 1. The highest BCUT2D eigenvalue weighted by molar-refractivity contribution is 14.1. The molecule has 0 atom stereocenters. The molecule has 0 amide bonds. The van der Waals surface area contributed by atoms with Crippen LogP contribution >= 0.6 is 22.6 Å². The summed E-state index contributed by atoms with van der Waals surface area (Å²) < 4.78 is 62.2. The minimum atomic E-state index is -4.93. The number of nitrogens with zero attached hydrogens (tertiary/aromatic N) is 2. The fraction of sp³-hybridized carbons (Fsp3) is 0.333. The van der Waals surface area contributed by atoms with Crippen LogP contribution in [0.5, 0.6) is 0 Å². The number of hydrogen-bond donors (Lipinski definition) is 0. The molecule has 0 aromatic carbocycles. The molecular formula is C9H4F5IN2. The van der Waals surface area contributed by atoms with Crippen molar-refractivity contribution in [1.82, 2.24) is 4.98 Å². The Hall–Kier alpha value is -0.980. The van der Waals surface area contributed by atoms with Crippen LogP contribution in [0.15, 0.2) is 6.07 Å². The molecule has 0 unspecified atom stereocenters. The van der Waals surface area contributed by atoms with E-state index in [-0.39, 0.29) is 15.7 Å². The molecule has 1 aromatic rings. The SMILES string of the molecule is N#CCc1cc(C(F)F)c(C(F)(F)F)nc1I. The number of hydrogen-bond acceptors (Lipinski definition) is 2. The van der Waals surface area contributed by atoms with Crippen molar-refractivity contribution in [3.05, 3.63) is 26.6 Å². The highest BCUT2D eigenvalue weighted by Gasteiger charge is 2.38. The molecule has 1 rings (SSSR count). The fourth-order valence-corrected chi connectivity index (χ4v) is 1.74. The molecule has 0 radical (unpaired) electrons. The zero-order chi connectivity index (χ0) is 13.2. The number of pyridine rings is 1. The fourth-order valence-electron chi connectivity index (χ4n) is 1.15. The van der Waals surface area contributed by atoms with E-state index in [0.717, 1.165) is 0 Å². The third kappa shape index (κ3) is 3.24. The summed E-state index contributed by atoms with van der Waals surface area (Å²) in [5, 5.41) is 8.41. The molecule has 1 heterocycles. The summed E-state index contributed by atoms with van der Waals surface area (Å²) in [6.45, 7) is 0. The van der Waals surface area contributed by atoms with Gasteiger partial charge < -0.3 is 0 Å². The van der Waals surface area contributed by atoms with Crippen LogP contribution < -0.4 is 0 Å². The van der Waals surface area contributed by atoms with E-state index >= 15 is 0 Å². The second kappa shape index (κ2) is 5.12. The smallest absolute Gasteiger partial charge is 0.237 e. The van der Waals surface area contributed by atoms with E-state index < -0.39 is 23.9 Å². The Balaban J connectivity index is 3.42. The first kappa shape index (κ1) is 14.1. The van der Waals surface area contributed by atoms with Gasteiger partial charge in [0.05, 0.1) is 12.5 Å². The highest BCUT2D eigenvalue weighted by atomic mass is 127. The van der Waals surface area contributed by atoms with E-state index in [1.165, 1.54) is 22.6 Å². The van der Waals surface area contributed by atoms with Crippen LogP contribution in [0, 0.1) is 15.0 Å².